The number of esters is 1. The summed E-state index contributed by atoms with van der Waals surface area (Å²) in [5.41, 5.74) is 0.560. The minimum Gasteiger partial charge on any atom is -0.496 e. The van der Waals surface area contributed by atoms with Gasteiger partial charge in [0.1, 0.15) is 17.1 Å². The number of methoxy groups -OCH3 is 2. The first-order chi connectivity index (χ1) is 13.6. The largest absolute Gasteiger partial charge is 0.496 e. The second kappa shape index (κ2) is 8.87. The molecule has 0 unspecified atom stereocenters. The number of amides is 2. The van der Waals surface area contributed by atoms with Gasteiger partial charge in [0.05, 0.1) is 19.9 Å². The molecule has 0 aliphatic heterocycles. The number of nitrogens with one attached hydrogen (secondary N) is 2. The summed E-state index contributed by atoms with van der Waals surface area (Å²) in [6, 6.07) is 11.3. The second-order valence-electron chi connectivity index (χ2n) is 5.34. The van der Waals surface area contributed by atoms with Crippen molar-refractivity contribution in [1.82, 2.24) is 4.98 Å². The molecule has 0 aliphatic rings. The number of para-hydroxylation sites is 2. The Morgan fingerprint density at radius 1 is 0.964 bits per heavy atom. The maximum atomic E-state index is 12.2. The summed E-state index contributed by atoms with van der Waals surface area (Å²) in [5, 5.41) is 7.55. The predicted octanol–water partition coefficient (Wildman–Crippen LogP) is 4.37. The fourth-order valence-electron chi connectivity index (χ4n) is 2.38. The van der Waals surface area contributed by atoms with E-state index in [0.29, 0.717) is 22.3 Å². The van der Waals surface area contributed by atoms with Crippen LogP contribution in [-0.4, -0.2) is 31.2 Å². The molecule has 0 aliphatic carbocycles. The lowest BCUT2D eigenvalue weighted by Gasteiger charge is -2.15. The maximum Gasteiger partial charge on any atom is 0.345 e. The van der Waals surface area contributed by atoms with Crippen LogP contribution in [0, 0.1) is 0 Å². The molecule has 0 saturated carbocycles. The lowest BCUT2D eigenvalue weighted by Crippen LogP contribution is -2.19. The first-order valence-corrected chi connectivity index (χ1v) is 9.00. The maximum absolute atomic E-state index is 12.2. The molecule has 3 aromatic rings. The van der Waals surface area contributed by atoms with Crippen molar-refractivity contribution in [2.75, 3.05) is 24.9 Å². The van der Waals surface area contributed by atoms with Gasteiger partial charge in [-0.1, -0.05) is 18.2 Å². The number of anilines is 2. The van der Waals surface area contributed by atoms with Crippen LogP contribution in [0.4, 0.5) is 15.6 Å². The molecule has 28 heavy (non-hydrogen) atoms. The zero-order valence-corrected chi connectivity index (χ0v) is 15.9. The Morgan fingerprint density at radius 3 is 2.43 bits per heavy atom. The standard InChI is InChI=1S/C19H17N3O5S/c1-25-14-8-5-9-15(16(14)17(23)26-2)27-13-7-4-3-6-12(13)21-18(24)22-19-20-10-11-28-19/h3-11H,1-2H3,(H2,20,21,22,24). The molecule has 1 heterocycles. The Labute approximate surface area is 165 Å². The Morgan fingerprint density at radius 2 is 1.71 bits per heavy atom. The number of nitrogens with zero attached hydrogens (tertiary/aromatic N) is 1. The van der Waals surface area contributed by atoms with Crippen LogP contribution in [0.2, 0.25) is 0 Å². The van der Waals surface area contributed by atoms with Crippen LogP contribution in [-0.2, 0) is 4.74 Å². The third kappa shape index (κ3) is 4.38. The first kappa shape index (κ1) is 19.2. The van der Waals surface area contributed by atoms with E-state index in [1.165, 1.54) is 25.6 Å². The van der Waals surface area contributed by atoms with Crippen LogP contribution in [0.1, 0.15) is 10.4 Å². The van der Waals surface area contributed by atoms with E-state index in [1.807, 2.05) is 0 Å². The molecule has 0 atom stereocenters. The van der Waals surface area contributed by atoms with Gasteiger partial charge in [0.2, 0.25) is 0 Å². The molecule has 0 fully saturated rings. The van der Waals surface area contributed by atoms with Crippen LogP contribution in [0.3, 0.4) is 0 Å². The lowest BCUT2D eigenvalue weighted by atomic mass is 10.1. The number of benzene rings is 2. The van der Waals surface area contributed by atoms with Crippen molar-refractivity contribution in [3.63, 3.8) is 0 Å². The molecular formula is C19H17N3O5S. The Kier molecular flexibility index (Phi) is 6.07. The van der Waals surface area contributed by atoms with Crippen LogP contribution in [0.5, 0.6) is 17.2 Å². The van der Waals surface area contributed by atoms with Crippen LogP contribution < -0.4 is 20.1 Å². The van der Waals surface area contributed by atoms with Gasteiger partial charge in [-0.05, 0) is 24.3 Å². The van der Waals surface area contributed by atoms with Crippen molar-refractivity contribution < 1.29 is 23.8 Å². The van der Waals surface area contributed by atoms with Gasteiger partial charge in [-0.25, -0.2) is 14.6 Å². The van der Waals surface area contributed by atoms with Crippen molar-refractivity contribution in [2.45, 2.75) is 0 Å². The van der Waals surface area contributed by atoms with Gasteiger partial charge >= 0.3 is 12.0 Å². The van der Waals surface area contributed by atoms with E-state index in [0.717, 1.165) is 0 Å². The summed E-state index contributed by atoms with van der Waals surface area (Å²) in [6.07, 6.45) is 1.59. The molecule has 1 aromatic heterocycles. The topological polar surface area (TPSA) is 98.8 Å². The number of ether oxygens (including phenoxy) is 3. The quantitative estimate of drug-likeness (QED) is 0.597. The normalized spacial score (nSPS) is 10.1. The Bertz CT molecular complexity index is 975. The third-order valence-corrected chi connectivity index (χ3v) is 4.29. The van der Waals surface area contributed by atoms with E-state index in [-0.39, 0.29) is 11.3 Å². The minimum atomic E-state index is -0.598. The summed E-state index contributed by atoms with van der Waals surface area (Å²) >= 11 is 1.30. The highest BCUT2D eigenvalue weighted by atomic mass is 32.1. The summed E-state index contributed by atoms with van der Waals surface area (Å²) < 4.78 is 16.0. The SMILES string of the molecule is COC(=O)c1c(OC)cccc1Oc1ccccc1NC(=O)Nc1nccs1. The van der Waals surface area contributed by atoms with Gasteiger partial charge in [-0.3, -0.25) is 5.32 Å². The highest BCUT2D eigenvalue weighted by molar-refractivity contribution is 7.13. The molecule has 144 valence electrons. The molecule has 2 N–H and O–H groups in total. The van der Waals surface area contributed by atoms with E-state index in [1.54, 1.807) is 54.0 Å². The summed E-state index contributed by atoms with van der Waals surface area (Å²) in [6.45, 7) is 0. The predicted molar refractivity (Wildman–Crippen MR) is 106 cm³/mol. The van der Waals surface area contributed by atoms with Gasteiger partial charge in [0.15, 0.2) is 10.9 Å². The third-order valence-electron chi connectivity index (χ3n) is 3.61. The number of rotatable bonds is 6. The van der Waals surface area contributed by atoms with Gasteiger partial charge in [-0.2, -0.15) is 0 Å². The lowest BCUT2D eigenvalue weighted by molar-refractivity contribution is 0.0594. The second-order valence-corrected chi connectivity index (χ2v) is 6.23. The number of hydrogen-bond donors (Lipinski definition) is 2. The molecule has 8 nitrogen and oxygen atoms in total. The first-order valence-electron chi connectivity index (χ1n) is 8.12. The zero-order valence-electron chi connectivity index (χ0n) is 15.1. The van der Waals surface area contributed by atoms with Gasteiger partial charge in [0.25, 0.3) is 0 Å². The average molecular weight is 399 g/mol. The van der Waals surface area contributed by atoms with Crippen molar-refractivity contribution >= 4 is 34.2 Å². The van der Waals surface area contributed by atoms with Crippen molar-refractivity contribution in [1.29, 1.82) is 0 Å². The highest BCUT2D eigenvalue weighted by Crippen LogP contribution is 2.35. The van der Waals surface area contributed by atoms with Crippen LogP contribution in [0.15, 0.2) is 54.0 Å². The van der Waals surface area contributed by atoms with Crippen molar-refractivity contribution in [3.05, 3.63) is 59.6 Å². The van der Waals surface area contributed by atoms with Gasteiger partial charge < -0.3 is 19.5 Å². The highest BCUT2D eigenvalue weighted by Gasteiger charge is 2.20. The summed E-state index contributed by atoms with van der Waals surface area (Å²) in [7, 11) is 2.72. The average Bonchev–Trinajstić information content (AvgIpc) is 3.21. The monoisotopic (exact) mass is 399 g/mol. The van der Waals surface area contributed by atoms with Gasteiger partial charge in [-0.15, -0.1) is 11.3 Å². The minimum absolute atomic E-state index is 0.148. The Hall–Kier alpha value is -3.59. The molecule has 0 saturated heterocycles. The van der Waals surface area contributed by atoms with E-state index < -0.39 is 12.0 Å². The van der Waals surface area contributed by atoms with Gasteiger partial charge in [0, 0.05) is 11.6 Å². The fourth-order valence-corrected chi connectivity index (χ4v) is 2.91. The number of hydrogen-bond acceptors (Lipinski definition) is 7. The molecule has 2 amide bonds. The smallest absolute Gasteiger partial charge is 0.345 e. The van der Waals surface area contributed by atoms with Crippen molar-refractivity contribution in [2.24, 2.45) is 0 Å². The van der Waals surface area contributed by atoms with E-state index in [4.69, 9.17) is 14.2 Å². The molecular weight excluding hydrogens is 382 g/mol. The fraction of sp³-hybridized carbons (Fsp3) is 0.105. The summed E-state index contributed by atoms with van der Waals surface area (Å²) in [5.74, 6) is 0.298. The van der Waals surface area contributed by atoms with Crippen LogP contribution in [0.25, 0.3) is 0 Å². The molecule has 0 radical (unpaired) electrons. The molecule has 2 aromatic carbocycles. The number of urea groups is 1. The van der Waals surface area contributed by atoms with E-state index in [2.05, 4.69) is 15.6 Å². The molecule has 0 bridgehead atoms. The molecule has 3 rings (SSSR count). The van der Waals surface area contributed by atoms with Crippen molar-refractivity contribution in [3.8, 4) is 17.2 Å². The van der Waals surface area contributed by atoms with E-state index in [9.17, 15) is 9.59 Å². The Balaban J connectivity index is 1.86. The number of thiazole rings is 1. The molecule has 0 spiro atoms. The number of aromatic nitrogens is 1. The number of carbonyl (C=O) groups is 2. The van der Waals surface area contributed by atoms with E-state index >= 15 is 0 Å². The molecule has 9 heteroatoms. The summed E-state index contributed by atoms with van der Waals surface area (Å²) in [4.78, 5) is 28.4. The zero-order chi connectivity index (χ0) is 19.9. The number of carbonyl (C=O) groups excluding carboxylic acids is 2. The van der Waals surface area contributed by atoms with Crippen LogP contribution >= 0.6 is 11.3 Å².